The van der Waals surface area contributed by atoms with Gasteiger partial charge in [0.15, 0.2) is 23.5 Å². The van der Waals surface area contributed by atoms with Crippen molar-refractivity contribution in [3.05, 3.63) is 59.9 Å². The Hall–Kier alpha value is -10.6. The van der Waals surface area contributed by atoms with Crippen LogP contribution in [0.5, 0.6) is 23.0 Å². The van der Waals surface area contributed by atoms with Gasteiger partial charge in [0.1, 0.15) is 60.4 Å². The smallest absolute Gasteiger partial charge is 0.331 e. The lowest BCUT2D eigenvalue weighted by atomic mass is 9.97. The summed E-state index contributed by atoms with van der Waals surface area (Å²) in [5, 5.41) is 64.6. The number of rotatable bonds is 8. The molecule has 0 saturated carbocycles. The van der Waals surface area contributed by atoms with Crippen LogP contribution in [0.2, 0.25) is 0 Å². The Morgan fingerprint density at radius 3 is 1.27 bits per heavy atom. The second kappa shape index (κ2) is 29.8. The first-order valence-corrected chi connectivity index (χ1v) is 29.2. The molecule has 4 aromatic rings. The van der Waals surface area contributed by atoms with Gasteiger partial charge in [0, 0.05) is 51.4 Å². The van der Waals surface area contributed by atoms with Crippen molar-refractivity contribution in [2.45, 2.75) is 101 Å². The van der Waals surface area contributed by atoms with Crippen LogP contribution in [0, 0.1) is 0 Å². The number of nitrogens with zero attached hydrogens (tertiary/aromatic N) is 10. The van der Waals surface area contributed by atoms with Gasteiger partial charge in [-0.15, -0.1) is 0 Å². The van der Waals surface area contributed by atoms with E-state index in [1.807, 2.05) is 0 Å². The van der Waals surface area contributed by atoms with Crippen molar-refractivity contribution in [2.75, 3.05) is 81.8 Å². The van der Waals surface area contributed by atoms with E-state index in [-0.39, 0.29) is 36.7 Å². The molecule has 34 heteroatoms. The van der Waals surface area contributed by atoms with Gasteiger partial charge in [-0.2, -0.15) is 10.2 Å². The molecule has 8 N–H and O–H groups in total. The summed E-state index contributed by atoms with van der Waals surface area (Å²) < 4.78 is 21.7. The number of likely N-dealkylation sites (N-methyl/N-ethyl adjacent to an activating group) is 4. The Morgan fingerprint density at radius 1 is 0.564 bits per heavy atom. The molecular formula is C60H74N14O20. The van der Waals surface area contributed by atoms with Crippen LogP contribution in [-0.2, 0) is 57.4 Å². The molecule has 0 spiro atoms. The standard InChI is InChI=1S/C60H74N14O20/c1-59(2,89)49-57(87)93-29-37(67-53(83)47-41(75)23-31-21-33(91-9)15-17-35(31)65-47)55(85)73-39(13-11-19-63-73)51(81)62-26-44(78)70(6)28-46(80)72(8)50(60(3,4)90)58(88)94-30-38(68-54(84)48-42(76)24-32-22-34(92-10)16-18-36(32)66-48)56(86)74-40(14-12-20-64-74)52(82)61-25-43(77)69(5)27-45(79)71(49)7/h15-24,37-40,49-50,75-76,89-90H,11-14,25-30H2,1-10H3,(H,61,82)(H,62,81)(H,67,83)(H,68,84)/t37-,38-,39+,40?,49-,50-/m1/s1. The highest BCUT2D eigenvalue weighted by molar-refractivity contribution is 6.03. The fourth-order valence-electron chi connectivity index (χ4n) is 10.3. The molecule has 1 fully saturated rings. The number of aliphatic hydroxyl groups is 2. The average Bonchev–Trinajstić information content (AvgIpc) is 0.962. The number of carbonyl (C=O) groups is 12. The molecule has 10 amide bonds. The third-order valence-corrected chi connectivity index (χ3v) is 15.4. The summed E-state index contributed by atoms with van der Waals surface area (Å²) in [5.41, 5.74) is -5.10. The molecule has 7 rings (SSSR count). The number of ether oxygens (including phenoxy) is 4. The van der Waals surface area contributed by atoms with Crippen LogP contribution in [0.25, 0.3) is 21.8 Å². The molecule has 0 radical (unpaired) electrons. The van der Waals surface area contributed by atoms with E-state index in [1.54, 1.807) is 0 Å². The van der Waals surface area contributed by atoms with Crippen LogP contribution in [-0.4, -0.2) is 273 Å². The van der Waals surface area contributed by atoms with E-state index < -0.39 is 181 Å². The van der Waals surface area contributed by atoms with Gasteiger partial charge in [0.2, 0.25) is 35.4 Å². The van der Waals surface area contributed by atoms with Crippen molar-refractivity contribution >= 4 is 105 Å². The van der Waals surface area contributed by atoms with Gasteiger partial charge in [-0.05, 0) is 102 Å². The topological polar surface area (TPSA) is 441 Å². The first-order chi connectivity index (χ1) is 44.2. The van der Waals surface area contributed by atoms with Gasteiger partial charge >= 0.3 is 11.9 Å². The fraction of sp³-hybridized carbons (Fsp3) is 0.467. The minimum atomic E-state index is -2.14. The number of aromatic nitrogens is 2. The highest BCUT2D eigenvalue weighted by Crippen LogP contribution is 2.29. The number of carbonyl (C=O) groups excluding carboxylic acids is 12. The Balaban J connectivity index is 1.20. The summed E-state index contributed by atoms with van der Waals surface area (Å²) >= 11 is 0. The number of amides is 10. The average molecular weight is 1310 g/mol. The first-order valence-electron chi connectivity index (χ1n) is 29.2. The SMILES string of the molecule is COc1ccc2nc(C(=O)N[C@@H]3COC(=O)[C@H](C(C)(C)O)N(C)C(=O)CN(C)C(=O)CNC(=O)[C@@H]4CCC=NN4C(=O)[C@H](NC(=O)c4nc5ccc(OC)cc5cc4O)COC(=O)[C@H](C(C)(C)O)N(C)C(=O)CN(C)C(=O)CNC(=O)C4CCC=NN4C3=O)c(O)cc2c1. The molecule has 0 bridgehead atoms. The molecular weight excluding hydrogens is 1240 g/mol. The first kappa shape index (κ1) is 70.8. The number of aromatic hydroxyl groups is 2. The number of benzene rings is 2. The predicted octanol–water partition coefficient (Wildman–Crippen LogP) is -2.49. The molecule has 2 aromatic heterocycles. The minimum Gasteiger partial charge on any atom is -0.505 e. The Kier molecular flexibility index (Phi) is 22.4. The zero-order chi connectivity index (χ0) is 69.3. The minimum absolute atomic E-state index is 0.0963. The zero-order valence-electron chi connectivity index (χ0n) is 53.1. The molecule has 2 aromatic carbocycles. The number of methoxy groups -OCH3 is 2. The van der Waals surface area contributed by atoms with Crippen molar-refractivity contribution in [1.82, 2.24) is 60.9 Å². The lowest BCUT2D eigenvalue weighted by molar-refractivity contribution is -0.166. The normalized spacial score (nSPS) is 22.1. The van der Waals surface area contributed by atoms with Gasteiger partial charge in [-0.3, -0.25) is 47.9 Å². The summed E-state index contributed by atoms with van der Waals surface area (Å²) in [6.07, 6.45) is 2.45. The van der Waals surface area contributed by atoms with Gasteiger partial charge < -0.3 is 80.2 Å². The van der Waals surface area contributed by atoms with Crippen molar-refractivity contribution in [3.63, 3.8) is 0 Å². The third-order valence-electron chi connectivity index (χ3n) is 15.4. The molecule has 1 unspecified atom stereocenters. The Labute approximate surface area is 537 Å². The van der Waals surface area contributed by atoms with E-state index in [9.17, 15) is 78.0 Å². The summed E-state index contributed by atoms with van der Waals surface area (Å²) in [7, 11) is 7.34. The number of hydrogen-bond donors (Lipinski definition) is 8. The summed E-state index contributed by atoms with van der Waals surface area (Å²) in [6, 6.07) is 0.627. The highest BCUT2D eigenvalue weighted by atomic mass is 16.5. The third kappa shape index (κ3) is 16.7. The predicted molar refractivity (Wildman–Crippen MR) is 328 cm³/mol. The summed E-state index contributed by atoms with van der Waals surface area (Å²) in [5.74, 6) is -13.8. The van der Waals surface area contributed by atoms with E-state index in [0.29, 0.717) is 32.3 Å². The van der Waals surface area contributed by atoms with Crippen molar-refractivity contribution in [1.29, 1.82) is 0 Å². The van der Waals surface area contributed by atoms with Crippen LogP contribution >= 0.6 is 0 Å². The number of pyridine rings is 2. The van der Waals surface area contributed by atoms with E-state index in [0.717, 1.165) is 61.4 Å². The van der Waals surface area contributed by atoms with Crippen molar-refractivity contribution in [3.8, 4) is 23.0 Å². The van der Waals surface area contributed by atoms with Crippen LogP contribution < -0.4 is 30.7 Å². The number of fused-ring (bicyclic) bond motifs is 4. The highest BCUT2D eigenvalue weighted by Gasteiger charge is 2.45. The van der Waals surface area contributed by atoms with Crippen molar-refractivity contribution in [2.24, 2.45) is 10.2 Å². The molecule has 6 atom stereocenters. The molecule has 34 nitrogen and oxygen atoms in total. The number of nitrogens with one attached hydrogen (secondary N) is 4. The van der Waals surface area contributed by atoms with Crippen molar-refractivity contribution < 1.29 is 96.9 Å². The molecule has 3 aliphatic heterocycles. The van der Waals surface area contributed by atoms with Gasteiger partial charge in [0.25, 0.3) is 23.6 Å². The van der Waals surface area contributed by atoms with Gasteiger partial charge in [-0.1, -0.05) is 0 Å². The van der Waals surface area contributed by atoms with Gasteiger partial charge in [0.05, 0.1) is 62.6 Å². The Bertz CT molecular complexity index is 3480. The summed E-state index contributed by atoms with van der Waals surface area (Å²) in [4.78, 5) is 181. The van der Waals surface area contributed by atoms with Crippen LogP contribution in [0.4, 0.5) is 0 Å². The number of esters is 2. The maximum atomic E-state index is 14.7. The quantitative estimate of drug-likeness (QED) is 0.0846. The second-order valence-electron chi connectivity index (χ2n) is 23.3. The molecule has 1 saturated heterocycles. The summed E-state index contributed by atoms with van der Waals surface area (Å²) in [6.45, 7) is -0.843. The Morgan fingerprint density at radius 2 is 0.926 bits per heavy atom. The lowest BCUT2D eigenvalue weighted by Crippen LogP contribution is -2.59. The van der Waals surface area contributed by atoms with Crippen LogP contribution in [0.15, 0.2) is 58.7 Å². The maximum Gasteiger partial charge on any atom is 0.331 e. The monoisotopic (exact) mass is 1310 g/mol. The largest absolute Gasteiger partial charge is 0.505 e. The number of hydrazone groups is 2. The molecule has 0 aliphatic carbocycles. The fourth-order valence-corrected chi connectivity index (χ4v) is 10.3. The molecule has 3 aliphatic rings. The van der Waals surface area contributed by atoms with E-state index in [2.05, 4.69) is 41.4 Å². The van der Waals surface area contributed by atoms with E-state index >= 15 is 0 Å². The van der Waals surface area contributed by atoms with E-state index in [4.69, 9.17) is 18.9 Å². The zero-order valence-corrected chi connectivity index (χ0v) is 53.1. The van der Waals surface area contributed by atoms with E-state index in [1.165, 1.54) is 89.3 Å². The maximum absolute atomic E-state index is 14.7. The molecule has 504 valence electrons. The molecule has 94 heavy (non-hydrogen) atoms. The van der Waals surface area contributed by atoms with Crippen LogP contribution in [0.1, 0.15) is 74.4 Å². The molecule has 5 heterocycles. The van der Waals surface area contributed by atoms with Gasteiger partial charge in [-0.25, -0.2) is 29.6 Å². The number of cyclic esters (lactones) is 2. The lowest BCUT2D eigenvalue weighted by Gasteiger charge is -2.36. The second-order valence-corrected chi connectivity index (χ2v) is 23.3. The van der Waals surface area contributed by atoms with Crippen LogP contribution in [0.3, 0.4) is 0 Å². The number of hydrogen-bond acceptors (Lipinski definition) is 24.